The van der Waals surface area contributed by atoms with Crippen LogP contribution >= 0.6 is 11.3 Å². The molecule has 3 aliphatic heterocycles. The molecule has 0 aromatic carbocycles. The Kier molecular flexibility index (Phi) is 5.81. The highest BCUT2D eigenvalue weighted by Gasteiger charge is 2.36. The largest absolute Gasteiger partial charge is 0.342 e. The van der Waals surface area contributed by atoms with Crippen LogP contribution in [0.15, 0.2) is 0 Å². The highest BCUT2D eigenvalue weighted by Crippen LogP contribution is 2.41. The first kappa shape index (κ1) is 20.8. The second-order valence-electron chi connectivity index (χ2n) is 8.14. The van der Waals surface area contributed by atoms with Gasteiger partial charge in [-0.1, -0.05) is 0 Å². The van der Waals surface area contributed by atoms with Crippen LogP contribution in [0.3, 0.4) is 0 Å². The summed E-state index contributed by atoms with van der Waals surface area (Å²) >= 11 is 1.46. The van der Waals surface area contributed by atoms with Gasteiger partial charge in [0.05, 0.1) is 12.1 Å². The molecule has 0 saturated carbocycles. The summed E-state index contributed by atoms with van der Waals surface area (Å²) in [6, 6.07) is 0. The topological polar surface area (TPSA) is 81.2 Å². The lowest BCUT2D eigenvalue weighted by Crippen LogP contribution is -2.41. The van der Waals surface area contributed by atoms with E-state index >= 15 is 0 Å². The first-order valence-corrected chi connectivity index (χ1v) is 11.5. The lowest BCUT2D eigenvalue weighted by atomic mass is 10.0. The normalized spacial score (nSPS) is 19.7. The summed E-state index contributed by atoms with van der Waals surface area (Å²) in [6.07, 6.45) is 3.46. The van der Waals surface area contributed by atoms with E-state index in [4.69, 9.17) is 0 Å². The van der Waals surface area contributed by atoms with Crippen LogP contribution in [0.1, 0.15) is 53.4 Å². The number of rotatable bonds is 4. The number of carbonyl (C=O) groups is 4. The molecular formula is C21H28N4O4S. The van der Waals surface area contributed by atoms with Crippen molar-refractivity contribution in [3.8, 4) is 0 Å². The van der Waals surface area contributed by atoms with Crippen molar-refractivity contribution in [1.29, 1.82) is 0 Å². The molecule has 1 aromatic heterocycles. The zero-order chi connectivity index (χ0) is 21.4. The van der Waals surface area contributed by atoms with Gasteiger partial charge in [-0.05, 0) is 31.7 Å². The summed E-state index contributed by atoms with van der Waals surface area (Å²) in [5.41, 5.74) is 1.62. The van der Waals surface area contributed by atoms with Crippen LogP contribution in [0.5, 0.6) is 0 Å². The monoisotopic (exact) mass is 432 g/mol. The third-order valence-corrected chi connectivity index (χ3v) is 7.44. The molecule has 0 N–H and O–H groups in total. The van der Waals surface area contributed by atoms with Crippen molar-refractivity contribution in [2.24, 2.45) is 0 Å². The van der Waals surface area contributed by atoms with Crippen molar-refractivity contribution in [1.82, 2.24) is 14.7 Å². The maximum atomic E-state index is 12.9. The number of piperidine rings is 1. The first-order valence-electron chi connectivity index (χ1n) is 10.7. The summed E-state index contributed by atoms with van der Waals surface area (Å²) in [6.45, 7) is 4.74. The third-order valence-electron chi connectivity index (χ3n) is 6.20. The van der Waals surface area contributed by atoms with E-state index in [1.165, 1.54) is 16.2 Å². The van der Waals surface area contributed by atoms with E-state index in [-0.39, 0.29) is 30.2 Å². The van der Waals surface area contributed by atoms with E-state index in [0.717, 1.165) is 34.8 Å². The minimum Gasteiger partial charge on any atom is -0.342 e. The van der Waals surface area contributed by atoms with Crippen molar-refractivity contribution < 1.29 is 19.2 Å². The summed E-state index contributed by atoms with van der Waals surface area (Å²) in [4.78, 5) is 58.0. The van der Waals surface area contributed by atoms with Gasteiger partial charge in [-0.3, -0.25) is 19.2 Å². The van der Waals surface area contributed by atoms with E-state index in [1.807, 2.05) is 11.8 Å². The van der Waals surface area contributed by atoms with Crippen LogP contribution in [-0.4, -0.2) is 78.1 Å². The number of hydrogen-bond donors (Lipinski definition) is 0. The van der Waals surface area contributed by atoms with Crippen molar-refractivity contribution in [2.45, 2.75) is 45.6 Å². The number of thiophene rings is 1. The smallest absolute Gasteiger partial charge is 0.257 e. The number of likely N-dealkylation sites (N-methyl/N-ethyl adjacent to an activating group) is 2. The molecule has 3 aliphatic rings. The van der Waals surface area contributed by atoms with Crippen LogP contribution < -0.4 is 4.90 Å². The number of amides is 4. The first-order chi connectivity index (χ1) is 14.4. The van der Waals surface area contributed by atoms with Crippen LogP contribution in [0.2, 0.25) is 0 Å². The van der Waals surface area contributed by atoms with Crippen molar-refractivity contribution in [2.75, 3.05) is 44.7 Å². The Morgan fingerprint density at radius 3 is 2.57 bits per heavy atom. The van der Waals surface area contributed by atoms with Crippen molar-refractivity contribution in [3.63, 3.8) is 0 Å². The molecule has 1 saturated heterocycles. The van der Waals surface area contributed by atoms with E-state index in [2.05, 4.69) is 0 Å². The third kappa shape index (κ3) is 3.71. The highest BCUT2D eigenvalue weighted by atomic mass is 32.1. The molecule has 8 nitrogen and oxygen atoms in total. The minimum absolute atomic E-state index is 0.0366. The average molecular weight is 433 g/mol. The van der Waals surface area contributed by atoms with Crippen LogP contribution in [0.25, 0.3) is 0 Å². The van der Waals surface area contributed by atoms with Gasteiger partial charge < -0.3 is 19.6 Å². The average Bonchev–Trinajstić information content (AvgIpc) is 3.07. The standard InChI is InChI=1S/C21H28N4O4S/c1-3-25-18(28)13-22(2)20(29)19-14-7-10-24(12-15(14)30-21(19)25)17(27)8-11-23-9-5-4-6-16(23)26/h3-13H2,1-2H3. The molecule has 1 fully saturated rings. The van der Waals surface area contributed by atoms with Gasteiger partial charge in [0, 0.05) is 50.9 Å². The van der Waals surface area contributed by atoms with E-state index in [1.54, 1.807) is 16.8 Å². The Labute approximate surface area is 180 Å². The van der Waals surface area contributed by atoms with Crippen LogP contribution in [-0.2, 0) is 27.3 Å². The molecule has 0 aliphatic carbocycles. The number of carbonyl (C=O) groups excluding carboxylic acids is 4. The number of nitrogens with zero attached hydrogens (tertiary/aromatic N) is 4. The molecule has 4 rings (SSSR count). The molecule has 9 heteroatoms. The molecule has 0 radical (unpaired) electrons. The van der Waals surface area contributed by atoms with Crippen LogP contribution in [0.4, 0.5) is 5.00 Å². The Balaban J connectivity index is 1.50. The summed E-state index contributed by atoms with van der Waals surface area (Å²) in [5.74, 6) is -0.0153. The highest BCUT2D eigenvalue weighted by molar-refractivity contribution is 7.17. The molecule has 4 heterocycles. The fourth-order valence-corrected chi connectivity index (χ4v) is 5.92. The van der Waals surface area contributed by atoms with Gasteiger partial charge >= 0.3 is 0 Å². The van der Waals surface area contributed by atoms with Crippen molar-refractivity contribution in [3.05, 3.63) is 16.0 Å². The van der Waals surface area contributed by atoms with Gasteiger partial charge in [0.25, 0.3) is 5.91 Å². The predicted molar refractivity (Wildman–Crippen MR) is 113 cm³/mol. The van der Waals surface area contributed by atoms with E-state index in [9.17, 15) is 19.2 Å². The minimum atomic E-state index is -0.116. The van der Waals surface area contributed by atoms with Crippen molar-refractivity contribution >= 4 is 40.0 Å². The zero-order valence-corrected chi connectivity index (χ0v) is 18.4. The zero-order valence-electron chi connectivity index (χ0n) is 17.6. The Morgan fingerprint density at radius 2 is 1.83 bits per heavy atom. The SMILES string of the molecule is CCN1C(=O)CN(C)C(=O)c2c1sc1c2CCN(C(=O)CCN2CCCCC2=O)C1. The summed E-state index contributed by atoms with van der Waals surface area (Å²) in [5, 5.41) is 0.718. The second-order valence-corrected chi connectivity index (χ2v) is 9.22. The van der Waals surface area contributed by atoms with Gasteiger partial charge in [-0.15, -0.1) is 11.3 Å². The van der Waals surface area contributed by atoms with Gasteiger partial charge in [-0.2, -0.15) is 0 Å². The summed E-state index contributed by atoms with van der Waals surface area (Å²) in [7, 11) is 1.66. The molecule has 0 unspecified atom stereocenters. The molecule has 30 heavy (non-hydrogen) atoms. The molecular weight excluding hydrogens is 404 g/mol. The van der Waals surface area contributed by atoms with Gasteiger partial charge in [0.2, 0.25) is 17.7 Å². The summed E-state index contributed by atoms with van der Waals surface area (Å²) < 4.78 is 0. The number of anilines is 1. The maximum Gasteiger partial charge on any atom is 0.257 e. The molecule has 162 valence electrons. The Hall–Kier alpha value is -2.42. The number of likely N-dealkylation sites (tertiary alicyclic amines) is 1. The molecule has 1 aromatic rings. The number of hydrogen-bond acceptors (Lipinski definition) is 5. The fraction of sp³-hybridized carbons (Fsp3) is 0.619. The van der Waals surface area contributed by atoms with Gasteiger partial charge in [0.15, 0.2) is 0 Å². The lowest BCUT2D eigenvalue weighted by Gasteiger charge is -2.30. The lowest BCUT2D eigenvalue weighted by molar-refractivity contribution is -0.136. The fourth-order valence-electron chi connectivity index (χ4n) is 4.48. The predicted octanol–water partition coefficient (Wildman–Crippen LogP) is 1.47. The Bertz CT molecular complexity index is 896. The van der Waals surface area contributed by atoms with Gasteiger partial charge in [-0.25, -0.2) is 0 Å². The van der Waals surface area contributed by atoms with Crippen LogP contribution in [0, 0.1) is 0 Å². The second kappa shape index (κ2) is 8.37. The van der Waals surface area contributed by atoms with E-state index < -0.39 is 0 Å². The maximum absolute atomic E-state index is 12.9. The Morgan fingerprint density at radius 1 is 1.03 bits per heavy atom. The molecule has 0 spiro atoms. The van der Waals surface area contributed by atoms with E-state index in [0.29, 0.717) is 51.0 Å². The quantitative estimate of drug-likeness (QED) is 0.722. The molecule has 0 bridgehead atoms. The molecule has 0 atom stereocenters. The molecule has 4 amide bonds. The number of fused-ring (bicyclic) bond motifs is 3. The van der Waals surface area contributed by atoms with Gasteiger partial charge in [0.1, 0.15) is 11.5 Å².